The molecule has 1 aliphatic rings. The normalized spacial score (nSPS) is 14.2. The lowest BCUT2D eigenvalue weighted by atomic mass is 10.1. The Bertz CT molecular complexity index is 504. The Balaban J connectivity index is 2.28. The molecule has 0 radical (unpaired) electrons. The molecule has 104 valence electrons. The molecule has 2 rings (SSSR count). The van der Waals surface area contributed by atoms with Crippen LogP contribution in [0.1, 0.15) is 47.8 Å². The number of rotatable bonds is 6. The fourth-order valence-electron chi connectivity index (χ4n) is 1.94. The Hall–Kier alpha value is -1.49. The number of nitrogens with one attached hydrogen (secondary N) is 1. The summed E-state index contributed by atoms with van der Waals surface area (Å²) in [6.07, 6.45) is 2.29. The second kappa shape index (κ2) is 5.65. The number of hydrogen-bond acceptors (Lipinski definition) is 5. The number of nitrogens with two attached hydrogens (primary N) is 1. The molecule has 4 nitrogen and oxygen atoms in total. The first kappa shape index (κ1) is 13.9. The number of thiophene rings is 1. The zero-order valence-electron chi connectivity index (χ0n) is 11.4. The van der Waals surface area contributed by atoms with Crippen molar-refractivity contribution in [3.05, 3.63) is 22.6 Å². The zero-order chi connectivity index (χ0) is 14.0. The lowest BCUT2D eigenvalue weighted by Gasteiger charge is -2.06. The maximum atomic E-state index is 11.9. The van der Waals surface area contributed by atoms with Crippen molar-refractivity contribution in [2.24, 2.45) is 0 Å². The predicted molar refractivity (Wildman–Crippen MR) is 80.0 cm³/mol. The molecule has 0 amide bonds. The van der Waals surface area contributed by atoms with Crippen LogP contribution in [0.5, 0.6) is 0 Å². The molecular weight excluding hydrogens is 260 g/mol. The molecule has 1 fully saturated rings. The molecule has 0 spiro atoms. The fourth-order valence-corrected chi connectivity index (χ4v) is 3.04. The van der Waals surface area contributed by atoms with E-state index in [2.05, 4.69) is 11.9 Å². The number of ether oxygens (including phenoxy) is 1. The smallest absolute Gasteiger partial charge is 0.350 e. The number of anilines is 2. The Kier molecular flexibility index (Phi) is 4.14. The summed E-state index contributed by atoms with van der Waals surface area (Å²) in [6, 6.07) is 0. The first-order valence-corrected chi connectivity index (χ1v) is 7.33. The summed E-state index contributed by atoms with van der Waals surface area (Å²) in [4.78, 5) is 12.4. The summed E-state index contributed by atoms with van der Waals surface area (Å²) in [5.74, 6) is 0.169. The fraction of sp³-hybridized carbons (Fsp3) is 0.500. The Morgan fingerprint density at radius 1 is 1.58 bits per heavy atom. The third kappa shape index (κ3) is 3.10. The largest absolute Gasteiger partial charge is 0.462 e. The van der Waals surface area contributed by atoms with Gasteiger partial charge in [-0.2, -0.15) is 0 Å². The van der Waals surface area contributed by atoms with E-state index in [0.717, 1.165) is 29.0 Å². The Morgan fingerprint density at radius 3 is 2.79 bits per heavy atom. The second-order valence-corrected chi connectivity index (χ2v) is 5.91. The van der Waals surface area contributed by atoms with Gasteiger partial charge in [-0.15, -0.1) is 11.3 Å². The highest BCUT2D eigenvalue weighted by molar-refractivity contribution is 7.18. The van der Waals surface area contributed by atoms with E-state index in [1.165, 1.54) is 11.3 Å². The van der Waals surface area contributed by atoms with Crippen LogP contribution in [0.3, 0.4) is 0 Å². The molecule has 1 aromatic heterocycles. The maximum absolute atomic E-state index is 11.9. The minimum atomic E-state index is -0.324. The molecule has 1 aromatic rings. The molecular formula is C14H20N2O2S. The van der Waals surface area contributed by atoms with Gasteiger partial charge in [0.25, 0.3) is 0 Å². The second-order valence-electron chi connectivity index (χ2n) is 4.89. The van der Waals surface area contributed by atoms with Crippen molar-refractivity contribution >= 4 is 28.0 Å². The molecule has 0 aliphatic heterocycles. The molecule has 3 N–H and O–H groups in total. The summed E-state index contributed by atoms with van der Waals surface area (Å²) in [5.41, 5.74) is 8.86. The lowest BCUT2D eigenvalue weighted by Crippen LogP contribution is -2.05. The number of carbonyl (C=O) groups is 1. The van der Waals surface area contributed by atoms with Crippen molar-refractivity contribution in [1.82, 2.24) is 0 Å². The first-order chi connectivity index (χ1) is 9.04. The van der Waals surface area contributed by atoms with E-state index in [4.69, 9.17) is 10.5 Å². The van der Waals surface area contributed by atoms with Crippen LogP contribution in [-0.2, 0) is 4.74 Å². The molecule has 0 atom stereocenters. The summed E-state index contributed by atoms with van der Waals surface area (Å²) >= 11 is 1.39. The third-order valence-corrected chi connectivity index (χ3v) is 4.14. The van der Waals surface area contributed by atoms with Crippen LogP contribution in [0.4, 0.5) is 10.7 Å². The Labute approximate surface area is 117 Å². The molecule has 5 heteroatoms. The maximum Gasteiger partial charge on any atom is 0.350 e. The van der Waals surface area contributed by atoms with Crippen LogP contribution in [-0.4, -0.2) is 19.1 Å². The third-order valence-electron chi connectivity index (χ3n) is 2.98. The highest BCUT2D eigenvalue weighted by atomic mass is 32.1. The van der Waals surface area contributed by atoms with Crippen molar-refractivity contribution in [3.8, 4) is 0 Å². The lowest BCUT2D eigenvalue weighted by molar-refractivity contribution is 0.0533. The standard InChI is InChI=1S/C14H20N2O2S/c1-4-18-14(17)12-11(15)10(9-5-6-9)13(19-12)16-7-8(2)3/h9,16H,2,4-7,15H2,1,3H3. The van der Waals surface area contributed by atoms with Crippen LogP contribution >= 0.6 is 11.3 Å². The quantitative estimate of drug-likeness (QED) is 0.619. The molecule has 1 saturated carbocycles. The van der Waals surface area contributed by atoms with Crippen molar-refractivity contribution in [1.29, 1.82) is 0 Å². The van der Waals surface area contributed by atoms with Crippen LogP contribution in [0.15, 0.2) is 12.2 Å². The number of esters is 1. The molecule has 1 aliphatic carbocycles. The van der Waals surface area contributed by atoms with E-state index in [9.17, 15) is 4.79 Å². The van der Waals surface area contributed by atoms with Crippen LogP contribution in [0, 0.1) is 0 Å². The van der Waals surface area contributed by atoms with Gasteiger partial charge in [-0.1, -0.05) is 12.2 Å². The molecule has 19 heavy (non-hydrogen) atoms. The highest BCUT2D eigenvalue weighted by Gasteiger charge is 2.33. The first-order valence-electron chi connectivity index (χ1n) is 6.52. The highest BCUT2D eigenvalue weighted by Crippen LogP contribution is 2.50. The SMILES string of the molecule is C=C(C)CNc1sc(C(=O)OCC)c(N)c1C1CC1. The minimum Gasteiger partial charge on any atom is -0.462 e. The van der Waals surface area contributed by atoms with Gasteiger partial charge < -0.3 is 15.8 Å². The van der Waals surface area contributed by atoms with Gasteiger partial charge in [0.1, 0.15) is 4.88 Å². The van der Waals surface area contributed by atoms with Gasteiger partial charge in [0, 0.05) is 12.1 Å². The predicted octanol–water partition coefficient (Wildman–Crippen LogP) is 3.37. The van der Waals surface area contributed by atoms with E-state index >= 15 is 0 Å². The van der Waals surface area contributed by atoms with Gasteiger partial charge in [0.2, 0.25) is 0 Å². The zero-order valence-corrected chi connectivity index (χ0v) is 12.2. The van der Waals surface area contributed by atoms with Gasteiger partial charge in [-0.3, -0.25) is 0 Å². The van der Waals surface area contributed by atoms with Gasteiger partial charge in [-0.25, -0.2) is 4.79 Å². The number of hydrogen-bond donors (Lipinski definition) is 2. The van der Waals surface area contributed by atoms with Gasteiger partial charge in [-0.05, 0) is 32.6 Å². The van der Waals surface area contributed by atoms with E-state index in [-0.39, 0.29) is 5.97 Å². The van der Waals surface area contributed by atoms with Crippen LogP contribution < -0.4 is 11.1 Å². The van der Waals surface area contributed by atoms with Gasteiger partial charge in [0.15, 0.2) is 0 Å². The summed E-state index contributed by atoms with van der Waals surface area (Å²) in [5, 5.41) is 4.32. The van der Waals surface area contributed by atoms with E-state index < -0.39 is 0 Å². The molecule has 0 unspecified atom stereocenters. The average molecular weight is 280 g/mol. The summed E-state index contributed by atoms with van der Waals surface area (Å²) in [6.45, 7) is 8.69. The minimum absolute atomic E-state index is 0.324. The van der Waals surface area contributed by atoms with Crippen molar-refractivity contribution in [2.75, 3.05) is 24.2 Å². The van der Waals surface area contributed by atoms with Gasteiger partial charge in [0.05, 0.1) is 17.3 Å². The van der Waals surface area contributed by atoms with Gasteiger partial charge >= 0.3 is 5.97 Å². The summed E-state index contributed by atoms with van der Waals surface area (Å²) < 4.78 is 5.05. The summed E-state index contributed by atoms with van der Waals surface area (Å²) in [7, 11) is 0. The van der Waals surface area contributed by atoms with Crippen molar-refractivity contribution in [3.63, 3.8) is 0 Å². The number of nitrogen functional groups attached to an aromatic ring is 1. The van der Waals surface area contributed by atoms with Crippen LogP contribution in [0.2, 0.25) is 0 Å². The van der Waals surface area contributed by atoms with Crippen molar-refractivity contribution < 1.29 is 9.53 Å². The molecule has 0 aromatic carbocycles. The van der Waals surface area contributed by atoms with E-state index in [1.807, 2.05) is 6.92 Å². The van der Waals surface area contributed by atoms with E-state index in [0.29, 0.717) is 29.6 Å². The van der Waals surface area contributed by atoms with Crippen molar-refractivity contribution in [2.45, 2.75) is 32.6 Å². The molecule has 0 bridgehead atoms. The van der Waals surface area contributed by atoms with Crippen LogP contribution in [0.25, 0.3) is 0 Å². The Morgan fingerprint density at radius 2 is 2.26 bits per heavy atom. The monoisotopic (exact) mass is 280 g/mol. The van der Waals surface area contributed by atoms with E-state index in [1.54, 1.807) is 6.92 Å². The molecule has 1 heterocycles. The molecule has 0 saturated heterocycles. The topological polar surface area (TPSA) is 64.3 Å². The average Bonchev–Trinajstić information content (AvgIpc) is 3.11. The number of carbonyl (C=O) groups excluding carboxylic acids is 1.